The fourth-order valence-corrected chi connectivity index (χ4v) is 5.43. The Hall–Kier alpha value is -1.27. The Bertz CT molecular complexity index is 869. The lowest BCUT2D eigenvalue weighted by Crippen LogP contribution is -2.29. The zero-order chi connectivity index (χ0) is 18.7. The summed E-state index contributed by atoms with van der Waals surface area (Å²) < 4.78 is 30.6. The molecule has 1 unspecified atom stereocenters. The monoisotopic (exact) mass is 413 g/mol. The van der Waals surface area contributed by atoms with Crippen LogP contribution in [0.5, 0.6) is 5.75 Å². The van der Waals surface area contributed by atoms with Crippen LogP contribution in [0.2, 0.25) is 10.0 Å². The summed E-state index contributed by atoms with van der Waals surface area (Å²) in [6, 6.07) is 12.7. The Kier molecular flexibility index (Phi) is 6.13. The van der Waals surface area contributed by atoms with Gasteiger partial charge in [0.15, 0.2) is 9.84 Å². The number of benzene rings is 2. The third kappa shape index (κ3) is 4.34. The molecule has 1 saturated heterocycles. The number of ether oxygens (including phenoxy) is 1. The topological polar surface area (TPSA) is 46.6 Å². The number of hydrogen-bond acceptors (Lipinski definition) is 4. The van der Waals surface area contributed by atoms with Crippen LogP contribution in [-0.4, -0.2) is 39.3 Å². The van der Waals surface area contributed by atoms with Crippen molar-refractivity contribution in [1.82, 2.24) is 4.90 Å². The first-order chi connectivity index (χ1) is 12.4. The molecule has 2 aromatic rings. The molecular weight excluding hydrogens is 393 g/mol. The van der Waals surface area contributed by atoms with Crippen molar-refractivity contribution in [2.24, 2.45) is 0 Å². The van der Waals surface area contributed by atoms with Gasteiger partial charge in [-0.05, 0) is 55.3 Å². The molecule has 1 aliphatic heterocycles. The van der Waals surface area contributed by atoms with Crippen LogP contribution in [0.4, 0.5) is 0 Å². The fraction of sp³-hybridized carbons (Fsp3) is 0.368. The number of nitrogens with zero attached hydrogens (tertiary/aromatic N) is 1. The summed E-state index contributed by atoms with van der Waals surface area (Å²) in [7, 11) is -1.85. The van der Waals surface area contributed by atoms with E-state index in [0.717, 1.165) is 25.1 Å². The Morgan fingerprint density at radius 1 is 1.15 bits per heavy atom. The molecule has 0 radical (unpaired) electrons. The highest BCUT2D eigenvalue weighted by atomic mass is 35.5. The minimum atomic E-state index is -3.50. The summed E-state index contributed by atoms with van der Waals surface area (Å²) >= 11 is 12.0. The molecule has 26 heavy (non-hydrogen) atoms. The maximum Gasteiger partial charge on any atom is 0.181 e. The molecule has 0 aromatic heterocycles. The SMILES string of the molecule is COc1ccc(C2CCCN2CCS(=O)(=O)c2cc(Cl)ccc2Cl)cc1. The lowest BCUT2D eigenvalue weighted by atomic mass is 10.0. The summed E-state index contributed by atoms with van der Waals surface area (Å²) in [5, 5.41) is 0.577. The molecule has 0 N–H and O–H groups in total. The van der Waals surface area contributed by atoms with Gasteiger partial charge in [0.1, 0.15) is 5.75 Å². The average Bonchev–Trinajstić information content (AvgIpc) is 3.11. The van der Waals surface area contributed by atoms with Gasteiger partial charge in [0.05, 0.1) is 22.8 Å². The predicted molar refractivity (Wildman–Crippen MR) is 105 cm³/mol. The summed E-state index contributed by atoms with van der Waals surface area (Å²) in [6.07, 6.45) is 2.07. The van der Waals surface area contributed by atoms with E-state index in [1.54, 1.807) is 13.2 Å². The molecule has 7 heteroatoms. The number of halogens is 2. The number of methoxy groups -OCH3 is 1. The van der Waals surface area contributed by atoms with E-state index in [1.807, 2.05) is 24.3 Å². The van der Waals surface area contributed by atoms with Crippen LogP contribution in [0.15, 0.2) is 47.4 Å². The largest absolute Gasteiger partial charge is 0.497 e. The second-order valence-electron chi connectivity index (χ2n) is 6.36. The number of sulfone groups is 1. The van der Waals surface area contributed by atoms with E-state index in [4.69, 9.17) is 27.9 Å². The lowest BCUT2D eigenvalue weighted by Gasteiger charge is -2.25. The van der Waals surface area contributed by atoms with Crippen LogP contribution in [0.3, 0.4) is 0 Å². The molecule has 0 bridgehead atoms. The Balaban J connectivity index is 1.72. The van der Waals surface area contributed by atoms with E-state index in [1.165, 1.54) is 17.7 Å². The van der Waals surface area contributed by atoms with Crippen molar-refractivity contribution in [1.29, 1.82) is 0 Å². The van der Waals surface area contributed by atoms with Gasteiger partial charge in [-0.2, -0.15) is 0 Å². The normalized spacial score (nSPS) is 18.2. The van der Waals surface area contributed by atoms with Crippen molar-refractivity contribution in [3.05, 3.63) is 58.1 Å². The standard InChI is InChI=1S/C19H21Cl2NO3S/c1-25-16-7-4-14(5-8-16)18-3-2-10-22(18)11-12-26(23,24)19-13-15(20)6-9-17(19)21/h4-9,13,18H,2-3,10-12H2,1H3. The van der Waals surface area contributed by atoms with Gasteiger partial charge in [0, 0.05) is 17.6 Å². The Morgan fingerprint density at radius 3 is 2.58 bits per heavy atom. The van der Waals surface area contributed by atoms with Gasteiger partial charge in [-0.15, -0.1) is 0 Å². The van der Waals surface area contributed by atoms with E-state index in [2.05, 4.69) is 4.90 Å². The van der Waals surface area contributed by atoms with Crippen molar-refractivity contribution in [2.75, 3.05) is 26.0 Å². The zero-order valence-corrected chi connectivity index (χ0v) is 16.8. The fourth-order valence-electron chi connectivity index (χ4n) is 3.36. The third-order valence-electron chi connectivity index (χ3n) is 4.74. The second-order valence-corrected chi connectivity index (χ2v) is 9.28. The first-order valence-corrected chi connectivity index (χ1v) is 10.9. The predicted octanol–water partition coefficient (Wildman–Crippen LogP) is 4.61. The van der Waals surface area contributed by atoms with E-state index in [0.29, 0.717) is 11.6 Å². The van der Waals surface area contributed by atoms with Gasteiger partial charge in [-0.25, -0.2) is 8.42 Å². The number of hydrogen-bond donors (Lipinski definition) is 0. The van der Waals surface area contributed by atoms with E-state index < -0.39 is 9.84 Å². The van der Waals surface area contributed by atoms with Gasteiger partial charge in [-0.3, -0.25) is 4.90 Å². The molecule has 1 atom stereocenters. The van der Waals surface area contributed by atoms with Gasteiger partial charge in [0.25, 0.3) is 0 Å². The summed E-state index contributed by atoms with van der Waals surface area (Å²) in [5.41, 5.74) is 1.18. The average molecular weight is 414 g/mol. The minimum Gasteiger partial charge on any atom is -0.497 e. The molecule has 1 aliphatic rings. The molecule has 0 aliphatic carbocycles. The lowest BCUT2D eigenvalue weighted by molar-refractivity contribution is 0.272. The second kappa shape index (κ2) is 8.17. The molecule has 4 nitrogen and oxygen atoms in total. The summed E-state index contributed by atoms with van der Waals surface area (Å²) in [5.74, 6) is 0.830. The first-order valence-electron chi connectivity index (χ1n) is 8.46. The third-order valence-corrected chi connectivity index (χ3v) is 7.14. The van der Waals surface area contributed by atoms with Crippen LogP contribution in [0, 0.1) is 0 Å². The van der Waals surface area contributed by atoms with Gasteiger partial charge >= 0.3 is 0 Å². The smallest absolute Gasteiger partial charge is 0.181 e. The molecular formula is C19H21Cl2NO3S. The molecule has 1 fully saturated rings. The maximum absolute atomic E-state index is 12.7. The van der Waals surface area contributed by atoms with Crippen molar-refractivity contribution in [3.63, 3.8) is 0 Å². The van der Waals surface area contributed by atoms with E-state index >= 15 is 0 Å². The quantitative estimate of drug-likeness (QED) is 0.693. The van der Waals surface area contributed by atoms with Crippen LogP contribution in [0.25, 0.3) is 0 Å². The highest BCUT2D eigenvalue weighted by Gasteiger charge is 2.28. The van der Waals surface area contributed by atoms with E-state index in [-0.39, 0.29) is 21.7 Å². The zero-order valence-electron chi connectivity index (χ0n) is 14.5. The summed E-state index contributed by atoms with van der Waals surface area (Å²) in [4.78, 5) is 2.32. The van der Waals surface area contributed by atoms with Crippen LogP contribution in [-0.2, 0) is 9.84 Å². The molecule has 0 saturated carbocycles. The first kappa shape index (κ1) is 19.5. The molecule has 0 amide bonds. The number of likely N-dealkylation sites (tertiary alicyclic amines) is 1. The van der Waals surface area contributed by atoms with Gasteiger partial charge in [0.2, 0.25) is 0 Å². The highest BCUT2D eigenvalue weighted by molar-refractivity contribution is 7.91. The van der Waals surface area contributed by atoms with Crippen LogP contribution >= 0.6 is 23.2 Å². The molecule has 3 rings (SSSR count). The molecule has 2 aromatic carbocycles. The Morgan fingerprint density at radius 2 is 1.88 bits per heavy atom. The number of rotatable bonds is 6. The van der Waals surface area contributed by atoms with Gasteiger partial charge in [-0.1, -0.05) is 35.3 Å². The van der Waals surface area contributed by atoms with Crippen LogP contribution < -0.4 is 4.74 Å². The Labute approximate surface area is 164 Å². The van der Waals surface area contributed by atoms with Crippen molar-refractivity contribution in [3.8, 4) is 5.75 Å². The van der Waals surface area contributed by atoms with Crippen molar-refractivity contribution >= 4 is 33.0 Å². The van der Waals surface area contributed by atoms with Crippen LogP contribution in [0.1, 0.15) is 24.4 Å². The van der Waals surface area contributed by atoms with E-state index in [9.17, 15) is 8.42 Å². The maximum atomic E-state index is 12.7. The van der Waals surface area contributed by atoms with Gasteiger partial charge < -0.3 is 4.74 Å². The molecule has 0 spiro atoms. The molecule has 1 heterocycles. The molecule has 140 valence electrons. The summed E-state index contributed by atoms with van der Waals surface area (Å²) in [6.45, 7) is 1.34. The minimum absolute atomic E-state index is 0.0136. The van der Waals surface area contributed by atoms with Crippen molar-refractivity contribution in [2.45, 2.75) is 23.8 Å². The highest BCUT2D eigenvalue weighted by Crippen LogP contribution is 2.33. The van der Waals surface area contributed by atoms with Crippen molar-refractivity contribution < 1.29 is 13.2 Å².